The lowest BCUT2D eigenvalue weighted by Gasteiger charge is -2.23. The van der Waals surface area contributed by atoms with E-state index in [9.17, 15) is 4.79 Å². The molecule has 13 heavy (non-hydrogen) atoms. The number of hydrogen-bond donors (Lipinski definition) is 2. The number of carbonyl (C=O) groups is 1. The predicted molar refractivity (Wildman–Crippen MR) is 48.9 cm³/mol. The molecule has 0 aliphatic carbocycles. The van der Waals surface area contributed by atoms with Crippen LogP contribution in [0.5, 0.6) is 0 Å². The van der Waals surface area contributed by atoms with Crippen molar-refractivity contribution in [3.63, 3.8) is 0 Å². The van der Waals surface area contributed by atoms with Gasteiger partial charge in [0, 0.05) is 25.4 Å². The molecule has 2 N–H and O–H groups in total. The molecule has 1 unspecified atom stereocenters. The lowest BCUT2D eigenvalue weighted by molar-refractivity contribution is -0.122. The summed E-state index contributed by atoms with van der Waals surface area (Å²) in [6.45, 7) is 1.60. The third kappa shape index (κ3) is 3.90. The first-order valence-corrected chi connectivity index (χ1v) is 4.70. The van der Waals surface area contributed by atoms with Crippen LogP contribution in [0.1, 0.15) is 25.7 Å². The van der Waals surface area contributed by atoms with E-state index < -0.39 is 0 Å². The molecule has 1 saturated heterocycles. The zero-order chi connectivity index (χ0) is 9.52. The molecular weight excluding hydrogens is 166 g/mol. The quantitative estimate of drug-likeness (QED) is 0.607. The summed E-state index contributed by atoms with van der Waals surface area (Å²) in [5.74, 6) is 0.148. The fourth-order valence-electron chi connectivity index (χ4n) is 1.38. The van der Waals surface area contributed by atoms with Gasteiger partial charge in [-0.1, -0.05) is 0 Å². The first kappa shape index (κ1) is 10.0. The van der Waals surface area contributed by atoms with Gasteiger partial charge in [-0.25, -0.2) is 0 Å². The van der Waals surface area contributed by atoms with Crippen LogP contribution in [0.4, 0.5) is 0 Å². The van der Waals surface area contributed by atoms with Gasteiger partial charge < -0.3 is 10.6 Å². The number of piperidine rings is 1. The first-order valence-electron chi connectivity index (χ1n) is 4.70. The number of nitrogens with zero attached hydrogens (tertiary/aromatic N) is 1. The molecule has 1 amide bonds. The van der Waals surface area contributed by atoms with Crippen LogP contribution in [0.25, 0.3) is 0 Å². The maximum absolute atomic E-state index is 10.8. The Morgan fingerprint density at radius 1 is 1.69 bits per heavy atom. The van der Waals surface area contributed by atoms with E-state index in [4.69, 9.17) is 5.26 Å². The molecule has 1 aliphatic rings. The highest BCUT2D eigenvalue weighted by molar-refractivity contribution is 5.76. The van der Waals surface area contributed by atoms with Gasteiger partial charge in [0.2, 0.25) is 5.91 Å². The van der Waals surface area contributed by atoms with Crippen LogP contribution < -0.4 is 10.6 Å². The molecule has 0 aromatic heterocycles. The molecule has 0 spiro atoms. The lowest BCUT2D eigenvalue weighted by Crippen LogP contribution is -2.45. The minimum atomic E-state index is 0.148. The Bertz CT molecular complexity index is 199. The van der Waals surface area contributed by atoms with Crippen LogP contribution >= 0.6 is 0 Å². The van der Waals surface area contributed by atoms with Crippen LogP contribution in [-0.4, -0.2) is 25.0 Å². The predicted octanol–water partition coefficient (Wildman–Crippen LogP) is 0.158. The van der Waals surface area contributed by atoms with E-state index in [-0.39, 0.29) is 5.91 Å². The summed E-state index contributed by atoms with van der Waals surface area (Å²) >= 11 is 0. The van der Waals surface area contributed by atoms with E-state index in [1.54, 1.807) is 0 Å². The second-order valence-corrected chi connectivity index (χ2v) is 3.26. The Labute approximate surface area is 78.3 Å². The molecule has 4 heteroatoms. The first-order chi connectivity index (χ1) is 6.33. The molecule has 1 aliphatic heterocycles. The van der Waals surface area contributed by atoms with Crippen LogP contribution in [0.3, 0.4) is 0 Å². The molecule has 0 saturated carbocycles. The standard InChI is InChI=1S/C9H15N3O/c10-5-1-2-6-11-8-3-4-9(13)12-7-8/h8,11H,1-4,6-7H2,(H,12,13). The van der Waals surface area contributed by atoms with Crippen molar-refractivity contribution in [2.75, 3.05) is 13.1 Å². The van der Waals surface area contributed by atoms with Gasteiger partial charge >= 0.3 is 0 Å². The van der Waals surface area contributed by atoms with Gasteiger partial charge in [0.15, 0.2) is 0 Å². The van der Waals surface area contributed by atoms with Crippen molar-refractivity contribution in [2.45, 2.75) is 31.7 Å². The van der Waals surface area contributed by atoms with Crippen molar-refractivity contribution in [1.82, 2.24) is 10.6 Å². The Balaban J connectivity index is 2.03. The van der Waals surface area contributed by atoms with Gasteiger partial charge in [-0.15, -0.1) is 0 Å². The summed E-state index contributed by atoms with van der Waals surface area (Å²) in [5.41, 5.74) is 0. The molecule has 0 radical (unpaired) electrons. The van der Waals surface area contributed by atoms with Crippen molar-refractivity contribution in [2.24, 2.45) is 0 Å². The SMILES string of the molecule is N#CCCCNC1CCC(=O)NC1. The second kappa shape index (κ2) is 5.55. The maximum atomic E-state index is 10.8. The van der Waals surface area contributed by atoms with Gasteiger partial charge in [0.1, 0.15) is 0 Å². The van der Waals surface area contributed by atoms with E-state index >= 15 is 0 Å². The fourth-order valence-corrected chi connectivity index (χ4v) is 1.38. The number of nitriles is 1. The number of amides is 1. The van der Waals surface area contributed by atoms with E-state index in [1.807, 2.05) is 0 Å². The molecule has 1 atom stereocenters. The summed E-state index contributed by atoms with van der Waals surface area (Å²) in [6, 6.07) is 2.50. The number of unbranched alkanes of at least 4 members (excludes halogenated alkanes) is 1. The number of rotatable bonds is 4. The third-order valence-electron chi connectivity index (χ3n) is 2.16. The van der Waals surface area contributed by atoms with Crippen molar-refractivity contribution >= 4 is 5.91 Å². The highest BCUT2D eigenvalue weighted by atomic mass is 16.1. The summed E-state index contributed by atoms with van der Waals surface area (Å²) in [4.78, 5) is 10.8. The zero-order valence-electron chi connectivity index (χ0n) is 7.68. The maximum Gasteiger partial charge on any atom is 0.220 e. The van der Waals surface area contributed by atoms with Crippen molar-refractivity contribution in [3.8, 4) is 6.07 Å². The Morgan fingerprint density at radius 2 is 2.54 bits per heavy atom. The minimum Gasteiger partial charge on any atom is -0.355 e. The molecule has 4 nitrogen and oxygen atoms in total. The van der Waals surface area contributed by atoms with Crippen LogP contribution in [0.15, 0.2) is 0 Å². The van der Waals surface area contributed by atoms with Crippen molar-refractivity contribution < 1.29 is 4.79 Å². The Morgan fingerprint density at radius 3 is 3.15 bits per heavy atom. The fraction of sp³-hybridized carbons (Fsp3) is 0.778. The topological polar surface area (TPSA) is 64.9 Å². The Kier molecular flexibility index (Phi) is 4.27. The summed E-state index contributed by atoms with van der Waals surface area (Å²) < 4.78 is 0. The number of hydrogen-bond acceptors (Lipinski definition) is 3. The normalized spacial score (nSPS) is 22.1. The summed E-state index contributed by atoms with van der Waals surface area (Å²) in [7, 11) is 0. The molecule has 1 heterocycles. The van der Waals surface area contributed by atoms with Gasteiger partial charge in [-0.3, -0.25) is 4.79 Å². The van der Waals surface area contributed by atoms with E-state index in [0.29, 0.717) is 18.9 Å². The largest absolute Gasteiger partial charge is 0.355 e. The lowest BCUT2D eigenvalue weighted by atomic mass is 10.1. The van der Waals surface area contributed by atoms with Crippen LogP contribution in [0.2, 0.25) is 0 Å². The average molecular weight is 181 g/mol. The molecular formula is C9H15N3O. The van der Waals surface area contributed by atoms with E-state index in [1.165, 1.54) is 0 Å². The molecule has 1 fully saturated rings. The number of carbonyl (C=O) groups excluding carboxylic acids is 1. The van der Waals surface area contributed by atoms with Crippen molar-refractivity contribution in [1.29, 1.82) is 5.26 Å². The van der Waals surface area contributed by atoms with Crippen LogP contribution in [0, 0.1) is 11.3 Å². The highest BCUT2D eigenvalue weighted by Gasteiger charge is 2.16. The van der Waals surface area contributed by atoms with Crippen molar-refractivity contribution in [3.05, 3.63) is 0 Å². The van der Waals surface area contributed by atoms with Crippen LogP contribution in [-0.2, 0) is 4.79 Å². The molecule has 0 bridgehead atoms. The molecule has 72 valence electrons. The van der Waals surface area contributed by atoms with Gasteiger partial charge in [0.25, 0.3) is 0 Å². The second-order valence-electron chi connectivity index (χ2n) is 3.26. The third-order valence-corrected chi connectivity index (χ3v) is 2.16. The monoisotopic (exact) mass is 181 g/mol. The summed E-state index contributed by atoms with van der Waals surface area (Å²) in [6.07, 6.45) is 3.03. The van der Waals surface area contributed by atoms with E-state index in [0.717, 1.165) is 25.9 Å². The molecule has 0 aromatic rings. The zero-order valence-corrected chi connectivity index (χ0v) is 7.68. The van der Waals surface area contributed by atoms with Gasteiger partial charge in [-0.05, 0) is 19.4 Å². The van der Waals surface area contributed by atoms with Gasteiger partial charge in [-0.2, -0.15) is 5.26 Å². The Hall–Kier alpha value is -1.08. The van der Waals surface area contributed by atoms with E-state index in [2.05, 4.69) is 16.7 Å². The highest BCUT2D eigenvalue weighted by Crippen LogP contribution is 2.02. The molecule has 0 aromatic carbocycles. The smallest absolute Gasteiger partial charge is 0.220 e. The minimum absolute atomic E-state index is 0.148. The average Bonchev–Trinajstić information content (AvgIpc) is 2.15. The molecule has 1 rings (SSSR count). The van der Waals surface area contributed by atoms with Gasteiger partial charge in [0.05, 0.1) is 6.07 Å². The summed E-state index contributed by atoms with van der Waals surface area (Å²) in [5, 5.41) is 14.4. The number of nitrogens with one attached hydrogen (secondary N) is 2.